The zero-order valence-electron chi connectivity index (χ0n) is 15.0. The zero-order valence-corrected chi connectivity index (χ0v) is 15.8. The number of nitrogens with one attached hydrogen (secondary N) is 1. The maximum atomic E-state index is 11.3. The van der Waals surface area contributed by atoms with Gasteiger partial charge in [0.25, 0.3) is 0 Å². The molecule has 1 spiro atoms. The minimum Gasteiger partial charge on any atom is -0.366 e. The van der Waals surface area contributed by atoms with Gasteiger partial charge >= 0.3 is 0 Å². The quantitative estimate of drug-likeness (QED) is 0.642. The van der Waals surface area contributed by atoms with E-state index in [1.807, 2.05) is 25.2 Å². The smallest absolute Gasteiger partial charge is 0.248 e. The molecule has 1 saturated carbocycles. The van der Waals surface area contributed by atoms with E-state index >= 15 is 0 Å². The Kier molecular flexibility index (Phi) is 5.89. The van der Waals surface area contributed by atoms with Gasteiger partial charge in [0.2, 0.25) is 5.91 Å². The minimum atomic E-state index is -0.390. The summed E-state index contributed by atoms with van der Waals surface area (Å²) in [6, 6.07) is 7.46. The lowest BCUT2D eigenvalue weighted by atomic mass is 9.87. The predicted octanol–water partition coefficient (Wildman–Crippen LogP) is 2.61. The van der Waals surface area contributed by atoms with Crippen molar-refractivity contribution in [2.75, 3.05) is 25.9 Å². The zero-order chi connectivity index (χ0) is 17.7. The summed E-state index contributed by atoms with van der Waals surface area (Å²) in [6.45, 7) is 2.76. The average Bonchev–Trinajstić information content (AvgIpc) is 2.63. The molecule has 6 heteroatoms. The van der Waals surface area contributed by atoms with Gasteiger partial charge in [-0.3, -0.25) is 9.79 Å². The van der Waals surface area contributed by atoms with Crippen molar-refractivity contribution in [3.63, 3.8) is 0 Å². The van der Waals surface area contributed by atoms with E-state index in [4.69, 9.17) is 5.73 Å². The van der Waals surface area contributed by atoms with Crippen LogP contribution in [0.2, 0.25) is 0 Å². The summed E-state index contributed by atoms with van der Waals surface area (Å²) >= 11 is 2.16. The van der Waals surface area contributed by atoms with E-state index in [1.165, 1.54) is 32.1 Å². The van der Waals surface area contributed by atoms with E-state index in [0.717, 1.165) is 30.4 Å². The van der Waals surface area contributed by atoms with Crippen LogP contribution in [0.4, 0.5) is 0 Å². The summed E-state index contributed by atoms with van der Waals surface area (Å²) in [5.41, 5.74) is 6.95. The highest BCUT2D eigenvalue weighted by atomic mass is 32.2. The van der Waals surface area contributed by atoms with Gasteiger partial charge in [-0.1, -0.05) is 31.4 Å². The Balaban J connectivity index is 1.62. The van der Waals surface area contributed by atoms with E-state index in [9.17, 15) is 4.79 Å². The number of rotatable bonds is 3. The van der Waals surface area contributed by atoms with Crippen molar-refractivity contribution in [3.8, 4) is 0 Å². The lowest BCUT2D eigenvalue weighted by molar-refractivity contribution is 0.1000. The number of nitrogens with zero attached hydrogens (tertiary/aromatic N) is 2. The first-order chi connectivity index (χ1) is 12.1. The fourth-order valence-electron chi connectivity index (χ4n) is 3.87. The summed E-state index contributed by atoms with van der Waals surface area (Å²) in [5, 5.41) is 3.46. The van der Waals surface area contributed by atoms with Crippen molar-refractivity contribution in [2.24, 2.45) is 10.7 Å². The first-order valence-corrected chi connectivity index (χ1v) is 10.1. The number of thioether (sulfide) groups is 1. The highest BCUT2D eigenvalue weighted by Crippen LogP contribution is 2.42. The molecule has 2 fully saturated rings. The number of carbonyl (C=O) groups excluding carboxylic acids is 1. The molecule has 3 rings (SSSR count). The lowest BCUT2D eigenvalue weighted by Gasteiger charge is -2.45. The molecule has 0 unspecified atom stereocenters. The van der Waals surface area contributed by atoms with Crippen LogP contribution < -0.4 is 11.1 Å². The molecule has 2 aliphatic rings. The lowest BCUT2D eigenvalue weighted by Crippen LogP contribution is -2.53. The molecular formula is C19H28N4OS. The number of hydrogen-bond acceptors (Lipinski definition) is 3. The molecule has 3 N–H and O–H groups in total. The van der Waals surface area contributed by atoms with Crippen LogP contribution in [0.15, 0.2) is 29.3 Å². The standard InChI is InChI=1S/C19H28N4OS/c1-21-18(22-13-15-6-5-7-16(12-15)17(20)24)23-10-11-25-19(14-23)8-3-2-4-9-19/h5-7,12H,2-4,8-11,13-14H2,1H3,(H2,20,24)(H,21,22). The molecule has 1 aromatic carbocycles. The van der Waals surface area contributed by atoms with Crippen molar-refractivity contribution in [2.45, 2.75) is 43.4 Å². The van der Waals surface area contributed by atoms with Crippen LogP contribution in [0.25, 0.3) is 0 Å². The number of primary amides is 1. The van der Waals surface area contributed by atoms with Crippen LogP contribution >= 0.6 is 11.8 Å². The van der Waals surface area contributed by atoms with E-state index in [0.29, 0.717) is 16.9 Å². The average molecular weight is 361 g/mol. The largest absolute Gasteiger partial charge is 0.366 e. The molecule has 25 heavy (non-hydrogen) atoms. The van der Waals surface area contributed by atoms with E-state index in [-0.39, 0.29) is 0 Å². The number of aliphatic imine (C=N–C) groups is 1. The van der Waals surface area contributed by atoms with Crippen molar-refractivity contribution in [3.05, 3.63) is 35.4 Å². The van der Waals surface area contributed by atoms with Gasteiger partial charge in [0.1, 0.15) is 0 Å². The molecule has 1 aliphatic heterocycles. The van der Waals surface area contributed by atoms with Gasteiger partial charge in [-0.25, -0.2) is 0 Å². The second-order valence-corrected chi connectivity index (χ2v) is 8.54. The van der Waals surface area contributed by atoms with Crippen molar-refractivity contribution >= 4 is 23.6 Å². The van der Waals surface area contributed by atoms with Crippen LogP contribution in [0.3, 0.4) is 0 Å². The maximum absolute atomic E-state index is 11.3. The van der Waals surface area contributed by atoms with Crippen molar-refractivity contribution in [1.82, 2.24) is 10.2 Å². The number of carbonyl (C=O) groups is 1. The Bertz CT molecular complexity index is 635. The van der Waals surface area contributed by atoms with Gasteiger partial charge < -0.3 is 16.0 Å². The van der Waals surface area contributed by atoms with E-state index in [1.54, 1.807) is 6.07 Å². The Hall–Kier alpha value is -1.69. The Labute approximate surface area is 154 Å². The molecule has 0 aromatic heterocycles. The molecule has 136 valence electrons. The number of amides is 1. The van der Waals surface area contributed by atoms with Gasteiger partial charge in [0.05, 0.1) is 0 Å². The predicted molar refractivity (Wildman–Crippen MR) is 105 cm³/mol. The summed E-state index contributed by atoms with van der Waals surface area (Å²) in [4.78, 5) is 18.2. The normalized spacial score (nSPS) is 20.5. The minimum absolute atomic E-state index is 0.390. The summed E-state index contributed by atoms with van der Waals surface area (Å²) < 4.78 is 0.417. The second-order valence-electron chi connectivity index (χ2n) is 6.98. The third kappa shape index (κ3) is 4.48. The van der Waals surface area contributed by atoms with Gasteiger partial charge in [0.15, 0.2) is 5.96 Å². The molecular weight excluding hydrogens is 332 g/mol. The number of guanidine groups is 1. The molecule has 1 aliphatic carbocycles. The first-order valence-electron chi connectivity index (χ1n) is 9.10. The molecule has 1 saturated heterocycles. The van der Waals surface area contributed by atoms with E-state index in [2.05, 4.69) is 27.0 Å². The SMILES string of the molecule is CN=C(NCc1cccc(C(N)=O)c1)N1CCSC2(CCCCC2)C1. The van der Waals surface area contributed by atoms with Crippen molar-refractivity contribution < 1.29 is 4.79 Å². The molecule has 5 nitrogen and oxygen atoms in total. The summed E-state index contributed by atoms with van der Waals surface area (Å²) in [7, 11) is 1.84. The molecule has 1 heterocycles. The van der Waals surface area contributed by atoms with Crippen LogP contribution in [0.1, 0.15) is 48.0 Å². The Morgan fingerprint density at radius 1 is 1.36 bits per heavy atom. The fourth-order valence-corrected chi connectivity index (χ4v) is 5.44. The van der Waals surface area contributed by atoms with Crippen LogP contribution in [-0.2, 0) is 6.54 Å². The monoisotopic (exact) mass is 360 g/mol. The van der Waals surface area contributed by atoms with Gasteiger partial charge in [-0.05, 0) is 30.5 Å². The van der Waals surface area contributed by atoms with Crippen molar-refractivity contribution in [1.29, 1.82) is 0 Å². The molecule has 0 atom stereocenters. The second kappa shape index (κ2) is 8.13. The number of benzene rings is 1. The Morgan fingerprint density at radius 3 is 2.88 bits per heavy atom. The van der Waals surface area contributed by atoms with Crippen LogP contribution in [0.5, 0.6) is 0 Å². The Morgan fingerprint density at radius 2 is 2.16 bits per heavy atom. The molecule has 1 aromatic rings. The molecule has 0 bridgehead atoms. The van der Waals surface area contributed by atoms with Crippen LogP contribution in [0, 0.1) is 0 Å². The summed E-state index contributed by atoms with van der Waals surface area (Å²) in [5.74, 6) is 1.73. The van der Waals surface area contributed by atoms with E-state index < -0.39 is 5.91 Å². The highest BCUT2D eigenvalue weighted by molar-refractivity contribution is 8.00. The summed E-state index contributed by atoms with van der Waals surface area (Å²) in [6.07, 6.45) is 6.74. The third-order valence-corrected chi connectivity index (χ3v) is 6.72. The molecule has 1 amide bonds. The topological polar surface area (TPSA) is 70.7 Å². The molecule has 0 radical (unpaired) electrons. The van der Waals surface area contributed by atoms with Gasteiger partial charge in [0, 0.05) is 42.7 Å². The third-order valence-electron chi connectivity index (χ3n) is 5.19. The highest BCUT2D eigenvalue weighted by Gasteiger charge is 2.38. The van der Waals surface area contributed by atoms with Crippen LogP contribution in [-0.4, -0.2) is 47.4 Å². The fraction of sp³-hybridized carbons (Fsp3) is 0.579. The van der Waals surface area contributed by atoms with Gasteiger partial charge in [-0.2, -0.15) is 11.8 Å². The number of hydrogen-bond donors (Lipinski definition) is 2. The van der Waals surface area contributed by atoms with Gasteiger partial charge in [-0.15, -0.1) is 0 Å². The number of nitrogens with two attached hydrogens (primary N) is 1. The maximum Gasteiger partial charge on any atom is 0.248 e. The first kappa shape index (κ1) is 18.1.